The third kappa shape index (κ3) is 3.38. The zero-order valence-electron chi connectivity index (χ0n) is 10.8. The number of ether oxygens (including phenoxy) is 1. The van der Waals surface area contributed by atoms with Crippen LogP contribution < -0.4 is 10.2 Å². The number of aromatic nitrogens is 1. The average molecular weight is 384 g/mol. The molecule has 0 spiro atoms. The highest BCUT2D eigenvalue weighted by Crippen LogP contribution is 2.22. The number of hydrogen-bond acceptors (Lipinski definition) is 3. The van der Waals surface area contributed by atoms with Gasteiger partial charge in [-0.05, 0) is 59.8 Å². The van der Waals surface area contributed by atoms with Crippen molar-refractivity contribution in [3.63, 3.8) is 0 Å². The molecule has 0 saturated carbocycles. The minimum atomic E-state index is -0.457. The van der Waals surface area contributed by atoms with E-state index in [1.165, 1.54) is 6.20 Å². The van der Waals surface area contributed by atoms with Crippen LogP contribution in [-0.4, -0.2) is 22.5 Å². The molecule has 1 amide bonds. The number of amides is 1. The van der Waals surface area contributed by atoms with Crippen LogP contribution in [0.25, 0.3) is 0 Å². The molecule has 0 fully saturated rings. The van der Waals surface area contributed by atoms with E-state index in [0.717, 1.165) is 8.30 Å². The Morgan fingerprint density at radius 1 is 1.40 bits per heavy atom. The van der Waals surface area contributed by atoms with Gasteiger partial charge in [0.05, 0.1) is 12.2 Å². The molecule has 0 saturated heterocycles. The first-order chi connectivity index (χ1) is 9.61. The molecule has 0 atom stereocenters. The molecule has 1 aromatic heterocycles. The number of pyridine rings is 1. The Hall–Kier alpha value is -1.83. The lowest BCUT2D eigenvalue weighted by molar-refractivity contribution is 0.0984. The maximum absolute atomic E-state index is 12.2. The quantitative estimate of drug-likeness (QED) is 0.653. The second-order valence-corrected chi connectivity index (χ2v) is 5.14. The molecule has 0 aliphatic rings. The van der Waals surface area contributed by atoms with Gasteiger partial charge in [-0.25, -0.2) is 0 Å². The van der Waals surface area contributed by atoms with Gasteiger partial charge in [0, 0.05) is 9.77 Å². The highest BCUT2D eigenvalue weighted by molar-refractivity contribution is 14.1. The van der Waals surface area contributed by atoms with E-state index in [-0.39, 0.29) is 5.49 Å². The normalized spacial score (nSPS) is 11.4. The van der Waals surface area contributed by atoms with Crippen molar-refractivity contribution in [1.82, 2.24) is 4.73 Å². The van der Waals surface area contributed by atoms with E-state index >= 15 is 0 Å². The molecule has 2 rings (SSSR count). The van der Waals surface area contributed by atoms with Crippen molar-refractivity contribution in [1.29, 1.82) is 0 Å². The molecule has 20 heavy (non-hydrogen) atoms. The van der Waals surface area contributed by atoms with Crippen LogP contribution in [0.2, 0.25) is 0 Å². The van der Waals surface area contributed by atoms with Crippen molar-refractivity contribution in [3.05, 3.63) is 57.2 Å². The van der Waals surface area contributed by atoms with Gasteiger partial charge in [0.25, 0.3) is 5.91 Å². The van der Waals surface area contributed by atoms with Gasteiger partial charge in [-0.15, -0.1) is 0 Å². The molecule has 1 aromatic carbocycles. The molecule has 0 radical (unpaired) electrons. The second-order valence-electron chi connectivity index (χ2n) is 3.89. The van der Waals surface area contributed by atoms with E-state index in [1.54, 1.807) is 30.3 Å². The predicted molar refractivity (Wildman–Crippen MR) is 81.8 cm³/mol. The van der Waals surface area contributed by atoms with Crippen LogP contribution in [0.15, 0.2) is 47.6 Å². The molecule has 0 bridgehead atoms. The topological polar surface area (TPSA) is 63.8 Å². The van der Waals surface area contributed by atoms with Gasteiger partial charge >= 0.3 is 0 Å². The predicted octanol–water partition coefficient (Wildman–Crippen LogP) is 2.47. The Labute approximate surface area is 129 Å². The third-order valence-electron chi connectivity index (χ3n) is 2.51. The van der Waals surface area contributed by atoms with Crippen molar-refractivity contribution < 1.29 is 14.7 Å². The Kier molecular flexibility index (Phi) is 4.78. The summed E-state index contributed by atoms with van der Waals surface area (Å²) in [4.78, 5) is 16.1. The van der Waals surface area contributed by atoms with Gasteiger partial charge in [-0.1, -0.05) is 6.07 Å². The SMILES string of the molecule is CCOc1ccc(I)cc1C(=O)N=c1ccccn1O. The van der Waals surface area contributed by atoms with Crippen LogP contribution in [0.5, 0.6) is 5.75 Å². The van der Waals surface area contributed by atoms with Crippen molar-refractivity contribution >= 4 is 28.5 Å². The third-order valence-corrected chi connectivity index (χ3v) is 3.18. The van der Waals surface area contributed by atoms with Gasteiger partial charge < -0.3 is 9.94 Å². The summed E-state index contributed by atoms with van der Waals surface area (Å²) in [5, 5.41) is 9.57. The molecule has 0 aliphatic heterocycles. The van der Waals surface area contributed by atoms with Gasteiger partial charge in [0.1, 0.15) is 5.75 Å². The van der Waals surface area contributed by atoms with Gasteiger partial charge in [0.15, 0.2) is 5.49 Å². The van der Waals surface area contributed by atoms with E-state index < -0.39 is 5.91 Å². The monoisotopic (exact) mass is 384 g/mol. The Bertz CT molecular complexity index is 695. The number of carbonyl (C=O) groups is 1. The number of hydrogen-bond donors (Lipinski definition) is 1. The van der Waals surface area contributed by atoms with Crippen LogP contribution in [0.3, 0.4) is 0 Å². The molecule has 104 valence electrons. The molecule has 5 nitrogen and oxygen atoms in total. The zero-order chi connectivity index (χ0) is 14.5. The summed E-state index contributed by atoms with van der Waals surface area (Å²) in [5.41, 5.74) is 0.543. The molecular weight excluding hydrogens is 371 g/mol. The summed E-state index contributed by atoms with van der Waals surface area (Å²) in [6, 6.07) is 10.2. The Morgan fingerprint density at radius 3 is 2.90 bits per heavy atom. The fourth-order valence-electron chi connectivity index (χ4n) is 1.63. The first-order valence-electron chi connectivity index (χ1n) is 6.00. The summed E-state index contributed by atoms with van der Waals surface area (Å²) in [7, 11) is 0. The minimum absolute atomic E-state index is 0.166. The standard InChI is InChI=1S/C14H13IN2O3/c1-2-20-12-7-6-10(15)9-11(12)14(18)16-13-5-3-4-8-17(13)19/h3-9,19H,2H2,1H3. The van der Waals surface area contributed by atoms with E-state index in [9.17, 15) is 10.0 Å². The molecular formula is C14H13IN2O3. The van der Waals surface area contributed by atoms with E-state index in [0.29, 0.717) is 17.9 Å². The van der Waals surface area contributed by atoms with Crippen molar-refractivity contribution in [2.24, 2.45) is 4.99 Å². The largest absolute Gasteiger partial charge is 0.493 e. The molecule has 0 aliphatic carbocycles. The van der Waals surface area contributed by atoms with E-state index in [1.807, 2.05) is 13.0 Å². The minimum Gasteiger partial charge on any atom is -0.493 e. The summed E-state index contributed by atoms with van der Waals surface area (Å²) >= 11 is 2.12. The molecule has 1 N–H and O–H groups in total. The van der Waals surface area contributed by atoms with Crippen LogP contribution in [0.1, 0.15) is 17.3 Å². The highest BCUT2D eigenvalue weighted by Gasteiger charge is 2.12. The smallest absolute Gasteiger partial charge is 0.282 e. The molecule has 0 unspecified atom stereocenters. The lowest BCUT2D eigenvalue weighted by Gasteiger charge is -2.07. The van der Waals surface area contributed by atoms with Crippen LogP contribution >= 0.6 is 22.6 Å². The summed E-state index contributed by atoms with van der Waals surface area (Å²) in [6.07, 6.45) is 1.41. The Morgan fingerprint density at radius 2 is 2.20 bits per heavy atom. The van der Waals surface area contributed by atoms with Crippen molar-refractivity contribution in [2.45, 2.75) is 6.92 Å². The van der Waals surface area contributed by atoms with Gasteiger partial charge in [-0.3, -0.25) is 4.79 Å². The summed E-state index contributed by atoms with van der Waals surface area (Å²) in [5.74, 6) is 0.0306. The number of nitrogens with zero attached hydrogens (tertiary/aromatic N) is 2. The fourth-order valence-corrected chi connectivity index (χ4v) is 2.12. The van der Waals surface area contributed by atoms with Crippen molar-refractivity contribution in [2.75, 3.05) is 6.61 Å². The van der Waals surface area contributed by atoms with Crippen LogP contribution in [0.4, 0.5) is 0 Å². The second kappa shape index (κ2) is 6.56. The maximum atomic E-state index is 12.2. The average Bonchev–Trinajstić information content (AvgIpc) is 2.43. The maximum Gasteiger partial charge on any atom is 0.282 e. The lowest BCUT2D eigenvalue weighted by atomic mass is 10.2. The summed E-state index contributed by atoms with van der Waals surface area (Å²) in [6.45, 7) is 2.31. The zero-order valence-corrected chi connectivity index (χ0v) is 12.9. The van der Waals surface area contributed by atoms with Crippen LogP contribution in [-0.2, 0) is 0 Å². The highest BCUT2D eigenvalue weighted by atomic mass is 127. The molecule has 6 heteroatoms. The fraction of sp³-hybridized carbons (Fsp3) is 0.143. The van der Waals surface area contributed by atoms with Gasteiger partial charge in [0.2, 0.25) is 0 Å². The van der Waals surface area contributed by atoms with E-state index in [2.05, 4.69) is 27.6 Å². The Balaban J connectivity index is 2.46. The first-order valence-corrected chi connectivity index (χ1v) is 7.08. The van der Waals surface area contributed by atoms with E-state index in [4.69, 9.17) is 4.74 Å². The summed E-state index contributed by atoms with van der Waals surface area (Å²) < 4.78 is 7.14. The molecule has 2 aromatic rings. The number of rotatable bonds is 3. The molecule has 1 heterocycles. The number of carbonyl (C=O) groups excluding carboxylic acids is 1. The lowest BCUT2D eigenvalue weighted by Crippen LogP contribution is -2.19. The van der Waals surface area contributed by atoms with Crippen LogP contribution in [0, 0.1) is 3.57 Å². The van der Waals surface area contributed by atoms with Gasteiger partial charge in [-0.2, -0.15) is 9.72 Å². The number of halogens is 1. The number of benzene rings is 1. The first kappa shape index (κ1) is 14.6. The van der Waals surface area contributed by atoms with Crippen molar-refractivity contribution in [3.8, 4) is 5.75 Å².